The van der Waals surface area contributed by atoms with E-state index in [0.29, 0.717) is 41.9 Å². The van der Waals surface area contributed by atoms with Crippen LogP contribution in [0.4, 0.5) is 0 Å². The second kappa shape index (κ2) is 8.10. The Kier molecular flexibility index (Phi) is 5.39. The number of rotatable bonds is 4. The van der Waals surface area contributed by atoms with Crippen molar-refractivity contribution in [2.75, 3.05) is 13.1 Å². The average Bonchev–Trinajstić information content (AvgIpc) is 3.16. The fourth-order valence-electron chi connectivity index (χ4n) is 3.54. The van der Waals surface area contributed by atoms with E-state index >= 15 is 0 Å². The Morgan fingerprint density at radius 3 is 3.04 bits per heavy atom. The first-order valence-corrected chi connectivity index (χ1v) is 9.74. The molecule has 0 radical (unpaired) electrons. The molecule has 1 aliphatic rings. The first-order valence-electron chi connectivity index (χ1n) is 9.36. The maximum atomic E-state index is 12.8. The molecule has 6 nitrogen and oxygen atoms in total. The highest BCUT2D eigenvalue weighted by Gasteiger charge is 2.29. The number of carbonyl (C=O) groups excluding carboxylic acids is 1. The molecule has 3 aromatic rings. The topological polar surface area (TPSA) is 72.1 Å². The summed E-state index contributed by atoms with van der Waals surface area (Å²) in [5.74, 6) is 2.10. The minimum Gasteiger partial charge on any atom is -0.445 e. The minimum absolute atomic E-state index is 0.0686. The molecule has 28 heavy (non-hydrogen) atoms. The van der Waals surface area contributed by atoms with Crippen molar-refractivity contribution in [1.29, 1.82) is 0 Å². The molecule has 7 heteroatoms. The molecule has 0 unspecified atom stereocenters. The fraction of sp³-hybridized carbons (Fsp3) is 0.333. The first kappa shape index (κ1) is 18.6. The Bertz CT molecular complexity index is 988. The molecule has 0 bridgehead atoms. The summed E-state index contributed by atoms with van der Waals surface area (Å²) >= 11 is 6.05. The van der Waals surface area contributed by atoms with Gasteiger partial charge in [-0.25, -0.2) is 15.0 Å². The van der Waals surface area contributed by atoms with E-state index in [9.17, 15) is 4.79 Å². The zero-order valence-electron chi connectivity index (χ0n) is 15.6. The van der Waals surface area contributed by atoms with Gasteiger partial charge in [-0.1, -0.05) is 23.7 Å². The SMILES string of the molecule is Cc1nccc(C(=O)N2CCC[C@@H](c3ncc(Cc4cccc(Cl)c4)o3)C2)n1. The van der Waals surface area contributed by atoms with Crippen LogP contribution in [0, 0.1) is 6.92 Å². The highest BCUT2D eigenvalue weighted by molar-refractivity contribution is 6.30. The minimum atomic E-state index is -0.0686. The number of halogens is 1. The molecule has 0 saturated carbocycles. The van der Waals surface area contributed by atoms with Gasteiger partial charge in [0.05, 0.1) is 12.1 Å². The molecule has 1 aromatic carbocycles. The van der Waals surface area contributed by atoms with Crippen LogP contribution in [0.15, 0.2) is 47.1 Å². The Hall–Kier alpha value is -2.73. The van der Waals surface area contributed by atoms with E-state index in [-0.39, 0.29) is 11.8 Å². The second-order valence-electron chi connectivity index (χ2n) is 7.05. The third-order valence-electron chi connectivity index (χ3n) is 4.89. The molecule has 4 rings (SSSR count). The number of hydrogen-bond donors (Lipinski definition) is 0. The average molecular weight is 397 g/mol. The van der Waals surface area contributed by atoms with Gasteiger partial charge < -0.3 is 9.32 Å². The van der Waals surface area contributed by atoms with Gasteiger partial charge in [-0.3, -0.25) is 4.79 Å². The maximum absolute atomic E-state index is 12.8. The summed E-state index contributed by atoms with van der Waals surface area (Å²) in [6.45, 7) is 3.08. The predicted octanol–water partition coefficient (Wildman–Crippen LogP) is 4.04. The lowest BCUT2D eigenvalue weighted by atomic mass is 9.97. The second-order valence-corrected chi connectivity index (χ2v) is 7.49. The number of aromatic nitrogens is 3. The number of benzene rings is 1. The normalized spacial score (nSPS) is 16.9. The molecule has 0 N–H and O–H groups in total. The van der Waals surface area contributed by atoms with Gasteiger partial charge in [-0.2, -0.15) is 0 Å². The van der Waals surface area contributed by atoms with E-state index in [0.717, 1.165) is 24.2 Å². The van der Waals surface area contributed by atoms with Gasteiger partial charge in [0.25, 0.3) is 5.91 Å². The Balaban J connectivity index is 1.45. The molecule has 1 aliphatic heterocycles. The molecule has 1 amide bonds. The van der Waals surface area contributed by atoms with Crippen molar-refractivity contribution in [2.45, 2.75) is 32.1 Å². The van der Waals surface area contributed by atoms with Crippen LogP contribution in [0.5, 0.6) is 0 Å². The Morgan fingerprint density at radius 2 is 2.21 bits per heavy atom. The summed E-state index contributed by atoms with van der Waals surface area (Å²) < 4.78 is 6.00. The molecule has 3 heterocycles. The highest BCUT2D eigenvalue weighted by atomic mass is 35.5. The van der Waals surface area contributed by atoms with Gasteiger partial charge in [0.15, 0.2) is 5.89 Å². The summed E-state index contributed by atoms with van der Waals surface area (Å²) in [4.78, 5) is 27.4. The van der Waals surface area contributed by atoms with Crippen LogP contribution in [-0.4, -0.2) is 38.8 Å². The van der Waals surface area contributed by atoms with Crippen LogP contribution in [0.3, 0.4) is 0 Å². The number of likely N-dealkylation sites (tertiary alicyclic amines) is 1. The van der Waals surface area contributed by atoms with Crippen molar-refractivity contribution in [2.24, 2.45) is 0 Å². The molecular formula is C21H21ClN4O2. The zero-order valence-corrected chi connectivity index (χ0v) is 16.4. The third kappa shape index (κ3) is 4.22. The highest BCUT2D eigenvalue weighted by Crippen LogP contribution is 2.28. The summed E-state index contributed by atoms with van der Waals surface area (Å²) in [5, 5.41) is 0.707. The number of carbonyl (C=O) groups is 1. The van der Waals surface area contributed by atoms with Crippen LogP contribution < -0.4 is 0 Å². The Labute approximate surface area is 168 Å². The lowest BCUT2D eigenvalue weighted by molar-refractivity contribution is 0.0691. The molecule has 2 aromatic heterocycles. The number of hydrogen-bond acceptors (Lipinski definition) is 5. The van der Waals surface area contributed by atoms with Gasteiger partial charge in [-0.05, 0) is 43.5 Å². The lowest BCUT2D eigenvalue weighted by Gasteiger charge is -2.31. The number of oxazole rings is 1. The molecule has 0 spiro atoms. The Morgan fingerprint density at radius 1 is 1.32 bits per heavy atom. The van der Waals surface area contributed by atoms with E-state index in [1.54, 1.807) is 25.4 Å². The van der Waals surface area contributed by atoms with E-state index in [1.165, 1.54) is 0 Å². The van der Waals surface area contributed by atoms with Crippen LogP contribution in [-0.2, 0) is 6.42 Å². The van der Waals surface area contributed by atoms with E-state index in [1.807, 2.05) is 29.2 Å². The molecule has 0 aliphatic carbocycles. The summed E-state index contributed by atoms with van der Waals surface area (Å²) in [6.07, 6.45) is 5.89. The standard InChI is InChI=1S/C21H21ClN4O2/c1-14-23-8-7-19(25-14)21(27)26-9-3-5-16(13-26)20-24-12-18(28-20)11-15-4-2-6-17(22)10-15/h2,4,6-8,10,12,16H,3,5,9,11,13H2,1H3/t16-/m1/s1. The summed E-state index contributed by atoms with van der Waals surface area (Å²) in [7, 11) is 0. The molecule has 1 atom stereocenters. The number of aryl methyl sites for hydroxylation is 1. The van der Waals surface area contributed by atoms with E-state index in [4.69, 9.17) is 16.0 Å². The molecule has 1 saturated heterocycles. The monoisotopic (exact) mass is 396 g/mol. The third-order valence-corrected chi connectivity index (χ3v) is 5.13. The van der Waals surface area contributed by atoms with Gasteiger partial charge in [0.2, 0.25) is 0 Å². The van der Waals surface area contributed by atoms with Gasteiger partial charge in [-0.15, -0.1) is 0 Å². The number of amides is 1. The van der Waals surface area contributed by atoms with Gasteiger partial charge in [0, 0.05) is 30.7 Å². The quantitative estimate of drug-likeness (QED) is 0.665. The van der Waals surface area contributed by atoms with Crippen molar-refractivity contribution in [3.8, 4) is 0 Å². The van der Waals surface area contributed by atoms with Crippen LogP contribution in [0.25, 0.3) is 0 Å². The van der Waals surface area contributed by atoms with Gasteiger partial charge in [0.1, 0.15) is 17.3 Å². The lowest BCUT2D eigenvalue weighted by Crippen LogP contribution is -2.39. The summed E-state index contributed by atoms with van der Waals surface area (Å²) in [5.41, 5.74) is 1.51. The number of nitrogens with zero attached hydrogens (tertiary/aromatic N) is 4. The van der Waals surface area contributed by atoms with Crippen molar-refractivity contribution in [3.63, 3.8) is 0 Å². The molecule has 144 valence electrons. The van der Waals surface area contributed by atoms with Crippen molar-refractivity contribution in [1.82, 2.24) is 19.9 Å². The maximum Gasteiger partial charge on any atom is 0.272 e. The fourth-order valence-corrected chi connectivity index (χ4v) is 3.75. The van der Waals surface area contributed by atoms with Crippen molar-refractivity contribution >= 4 is 17.5 Å². The van der Waals surface area contributed by atoms with E-state index in [2.05, 4.69) is 15.0 Å². The van der Waals surface area contributed by atoms with Crippen LogP contribution in [0.1, 0.15) is 52.3 Å². The molecular weight excluding hydrogens is 376 g/mol. The van der Waals surface area contributed by atoms with Gasteiger partial charge >= 0.3 is 0 Å². The van der Waals surface area contributed by atoms with Crippen molar-refractivity contribution in [3.05, 3.63) is 76.5 Å². The summed E-state index contributed by atoms with van der Waals surface area (Å²) in [6, 6.07) is 9.37. The van der Waals surface area contributed by atoms with Crippen LogP contribution in [0.2, 0.25) is 5.02 Å². The molecule has 1 fully saturated rings. The smallest absolute Gasteiger partial charge is 0.272 e. The first-order chi connectivity index (χ1) is 13.6. The van der Waals surface area contributed by atoms with Crippen molar-refractivity contribution < 1.29 is 9.21 Å². The predicted molar refractivity (Wildman–Crippen MR) is 105 cm³/mol. The zero-order chi connectivity index (χ0) is 19.5. The van der Waals surface area contributed by atoms with Crippen LogP contribution >= 0.6 is 11.6 Å². The number of piperidine rings is 1. The van der Waals surface area contributed by atoms with E-state index < -0.39 is 0 Å². The largest absolute Gasteiger partial charge is 0.445 e.